The quantitative estimate of drug-likeness (QED) is 0.658. The zero-order valence-electron chi connectivity index (χ0n) is 10.9. The number of hydrogen-bond donors (Lipinski definition) is 0. The summed E-state index contributed by atoms with van der Waals surface area (Å²) in [5, 5.41) is 0.760. The number of hydrogen-bond acceptors (Lipinski definition) is 2. The second-order valence-corrected chi connectivity index (χ2v) is 5.72. The van der Waals surface area contributed by atoms with Crippen LogP contribution in [-0.4, -0.2) is 4.98 Å². The first-order valence-corrected chi connectivity index (χ1v) is 8.04. The normalized spacial score (nSPS) is 10.5. The molecule has 0 atom stereocenters. The van der Waals surface area contributed by atoms with E-state index in [0.717, 1.165) is 44.7 Å². The first-order valence-electron chi connectivity index (χ1n) is 6.12. The lowest BCUT2D eigenvalue weighted by molar-refractivity contribution is 0.468. The van der Waals surface area contributed by atoms with Crippen molar-refractivity contribution in [2.24, 2.45) is 0 Å². The third-order valence-electron chi connectivity index (χ3n) is 2.80. The number of nitrogens with zero attached hydrogens (tertiary/aromatic N) is 1. The number of halogens is 2. The molecular formula is C15H15Br2NO. The lowest BCUT2D eigenvalue weighted by Gasteiger charge is -2.13. The number of aryl methyl sites for hydroxylation is 2. The van der Waals surface area contributed by atoms with Gasteiger partial charge in [-0.3, -0.25) is 4.98 Å². The first kappa shape index (κ1) is 14.5. The molecule has 2 nitrogen and oxygen atoms in total. The topological polar surface area (TPSA) is 22.1 Å². The third-order valence-corrected chi connectivity index (χ3v) is 3.90. The Labute approximate surface area is 130 Å². The highest BCUT2D eigenvalue weighted by Crippen LogP contribution is 2.31. The van der Waals surface area contributed by atoms with Crippen molar-refractivity contribution in [3.05, 3.63) is 51.8 Å². The maximum Gasteiger partial charge on any atom is 0.148 e. The van der Waals surface area contributed by atoms with E-state index in [4.69, 9.17) is 4.74 Å². The van der Waals surface area contributed by atoms with Crippen LogP contribution in [0.5, 0.6) is 11.5 Å². The Bertz CT molecular complexity index is 584. The predicted octanol–water partition coefficient (Wildman–Crippen LogP) is 5.40. The van der Waals surface area contributed by atoms with Crippen LogP contribution in [0.4, 0.5) is 0 Å². The molecular weight excluding hydrogens is 370 g/mol. The number of aromatic nitrogens is 1. The molecule has 19 heavy (non-hydrogen) atoms. The van der Waals surface area contributed by atoms with Gasteiger partial charge in [-0.25, -0.2) is 0 Å². The first-order chi connectivity index (χ1) is 9.13. The van der Waals surface area contributed by atoms with E-state index >= 15 is 0 Å². The summed E-state index contributed by atoms with van der Waals surface area (Å²) in [6.45, 7) is 4.08. The van der Waals surface area contributed by atoms with Crippen molar-refractivity contribution in [2.45, 2.75) is 25.6 Å². The summed E-state index contributed by atoms with van der Waals surface area (Å²) in [5.74, 6) is 1.68. The Kier molecular flexibility index (Phi) is 4.99. The predicted molar refractivity (Wildman–Crippen MR) is 85.2 cm³/mol. The monoisotopic (exact) mass is 383 g/mol. The second kappa shape index (κ2) is 6.53. The molecule has 0 N–H and O–H groups in total. The van der Waals surface area contributed by atoms with Crippen molar-refractivity contribution in [1.82, 2.24) is 4.98 Å². The molecule has 1 aromatic carbocycles. The number of rotatable bonds is 4. The summed E-state index contributed by atoms with van der Waals surface area (Å²) in [6.07, 6.45) is 0.856. The van der Waals surface area contributed by atoms with Crippen molar-refractivity contribution in [2.75, 3.05) is 0 Å². The van der Waals surface area contributed by atoms with Gasteiger partial charge in [0.25, 0.3) is 0 Å². The van der Waals surface area contributed by atoms with Gasteiger partial charge in [0.1, 0.15) is 11.5 Å². The fraction of sp³-hybridized carbons (Fsp3) is 0.267. The van der Waals surface area contributed by atoms with Crippen molar-refractivity contribution in [3.63, 3.8) is 0 Å². The summed E-state index contributed by atoms with van der Waals surface area (Å²) in [7, 11) is 0. The minimum absolute atomic E-state index is 0.760. The van der Waals surface area contributed by atoms with Gasteiger partial charge in [-0.15, -0.1) is 0 Å². The molecule has 1 heterocycles. The molecule has 0 aliphatic heterocycles. The SMILES string of the molecule is CCc1nc(C)ccc1Oc1cc(Br)ccc1CBr. The number of pyridine rings is 1. The summed E-state index contributed by atoms with van der Waals surface area (Å²) in [4.78, 5) is 4.52. The molecule has 2 rings (SSSR count). The lowest BCUT2D eigenvalue weighted by atomic mass is 10.2. The van der Waals surface area contributed by atoms with Gasteiger partial charge < -0.3 is 4.74 Å². The molecule has 0 radical (unpaired) electrons. The number of benzene rings is 1. The Morgan fingerprint density at radius 3 is 2.63 bits per heavy atom. The van der Waals surface area contributed by atoms with E-state index in [2.05, 4.69) is 43.8 Å². The molecule has 0 saturated carbocycles. The zero-order chi connectivity index (χ0) is 13.8. The van der Waals surface area contributed by atoms with Crippen LogP contribution in [0.1, 0.15) is 23.9 Å². The van der Waals surface area contributed by atoms with Gasteiger partial charge in [0, 0.05) is 21.1 Å². The lowest BCUT2D eigenvalue weighted by Crippen LogP contribution is -1.97. The Hall–Kier alpha value is -0.870. The maximum absolute atomic E-state index is 6.04. The van der Waals surface area contributed by atoms with Crippen molar-refractivity contribution in [1.29, 1.82) is 0 Å². The van der Waals surface area contributed by atoms with E-state index in [9.17, 15) is 0 Å². The van der Waals surface area contributed by atoms with E-state index in [1.54, 1.807) is 0 Å². The van der Waals surface area contributed by atoms with Crippen LogP contribution in [0, 0.1) is 6.92 Å². The van der Waals surface area contributed by atoms with Gasteiger partial charge in [-0.2, -0.15) is 0 Å². The standard InChI is InChI=1S/C15H15Br2NO/c1-3-13-14(7-4-10(2)18-13)19-15-8-12(17)6-5-11(15)9-16/h4-8H,3,9H2,1-2H3. The molecule has 2 aromatic rings. The van der Waals surface area contributed by atoms with Crippen molar-refractivity contribution >= 4 is 31.9 Å². The number of alkyl halides is 1. The van der Waals surface area contributed by atoms with E-state index < -0.39 is 0 Å². The summed E-state index contributed by atoms with van der Waals surface area (Å²) in [6, 6.07) is 10.00. The summed E-state index contributed by atoms with van der Waals surface area (Å²) >= 11 is 6.96. The van der Waals surface area contributed by atoms with Gasteiger partial charge in [-0.1, -0.05) is 44.8 Å². The molecule has 0 saturated heterocycles. The van der Waals surface area contributed by atoms with Crippen LogP contribution in [0.2, 0.25) is 0 Å². The second-order valence-electron chi connectivity index (χ2n) is 4.24. The van der Waals surface area contributed by atoms with Crippen LogP contribution in [0.15, 0.2) is 34.8 Å². The molecule has 0 amide bonds. The van der Waals surface area contributed by atoms with Crippen LogP contribution in [0.25, 0.3) is 0 Å². The zero-order valence-corrected chi connectivity index (χ0v) is 14.1. The summed E-state index contributed by atoms with van der Waals surface area (Å²) in [5.41, 5.74) is 3.12. The molecule has 0 unspecified atom stereocenters. The van der Waals surface area contributed by atoms with Gasteiger partial charge in [0.05, 0.1) is 5.69 Å². The van der Waals surface area contributed by atoms with Gasteiger partial charge in [0.2, 0.25) is 0 Å². The fourth-order valence-electron chi connectivity index (χ4n) is 1.80. The Balaban J connectivity index is 2.38. The van der Waals surface area contributed by atoms with Crippen molar-refractivity contribution < 1.29 is 4.74 Å². The fourth-order valence-corrected chi connectivity index (χ4v) is 2.60. The van der Waals surface area contributed by atoms with Gasteiger partial charge in [-0.05, 0) is 37.6 Å². The average Bonchev–Trinajstić information content (AvgIpc) is 2.41. The van der Waals surface area contributed by atoms with E-state index in [0.29, 0.717) is 0 Å². The molecule has 100 valence electrons. The maximum atomic E-state index is 6.04. The molecule has 0 aliphatic carbocycles. The van der Waals surface area contributed by atoms with E-state index in [1.807, 2.05) is 37.3 Å². The largest absolute Gasteiger partial charge is 0.455 e. The number of ether oxygens (including phenoxy) is 1. The van der Waals surface area contributed by atoms with Gasteiger partial charge >= 0.3 is 0 Å². The van der Waals surface area contributed by atoms with E-state index in [1.165, 1.54) is 0 Å². The molecule has 1 aromatic heterocycles. The molecule has 0 fully saturated rings. The highest BCUT2D eigenvalue weighted by molar-refractivity contribution is 9.10. The highest BCUT2D eigenvalue weighted by atomic mass is 79.9. The molecule has 0 bridgehead atoms. The Morgan fingerprint density at radius 1 is 1.16 bits per heavy atom. The smallest absolute Gasteiger partial charge is 0.148 e. The van der Waals surface area contributed by atoms with Crippen LogP contribution < -0.4 is 4.74 Å². The summed E-state index contributed by atoms with van der Waals surface area (Å²) < 4.78 is 7.04. The Morgan fingerprint density at radius 2 is 1.95 bits per heavy atom. The molecule has 0 aliphatic rings. The molecule has 0 spiro atoms. The van der Waals surface area contributed by atoms with Crippen molar-refractivity contribution in [3.8, 4) is 11.5 Å². The average molecular weight is 385 g/mol. The van der Waals surface area contributed by atoms with E-state index in [-0.39, 0.29) is 0 Å². The highest BCUT2D eigenvalue weighted by Gasteiger charge is 2.09. The van der Waals surface area contributed by atoms with Crippen LogP contribution in [-0.2, 0) is 11.8 Å². The minimum atomic E-state index is 0.760. The molecule has 4 heteroatoms. The van der Waals surface area contributed by atoms with Gasteiger partial charge in [0.15, 0.2) is 0 Å². The van der Waals surface area contributed by atoms with Crippen LogP contribution in [0.3, 0.4) is 0 Å². The minimum Gasteiger partial charge on any atom is -0.455 e. The third kappa shape index (κ3) is 3.57. The van der Waals surface area contributed by atoms with Crippen LogP contribution >= 0.6 is 31.9 Å².